The lowest BCUT2D eigenvalue weighted by Crippen LogP contribution is -1.99. The Morgan fingerprint density at radius 1 is 1.19 bits per heavy atom. The normalized spacial score (nSPS) is 11.0. The Kier molecular flexibility index (Phi) is 3.29. The Bertz CT molecular complexity index is 868. The number of carboxylic acids is 1. The maximum atomic E-state index is 11.2. The van der Waals surface area contributed by atoms with Crippen LogP contribution in [0.5, 0.6) is 0 Å². The van der Waals surface area contributed by atoms with Crippen LogP contribution >= 0.6 is 15.9 Å². The molecule has 2 aromatic carbocycles. The van der Waals surface area contributed by atoms with Gasteiger partial charge in [-0.1, -0.05) is 15.9 Å². The van der Waals surface area contributed by atoms with Crippen LogP contribution in [-0.4, -0.2) is 20.6 Å². The van der Waals surface area contributed by atoms with Gasteiger partial charge in [0.15, 0.2) is 0 Å². The fourth-order valence-electron chi connectivity index (χ4n) is 2.42. The lowest BCUT2D eigenvalue weighted by molar-refractivity contribution is 0.0697. The number of aromatic nitrogens is 2. The van der Waals surface area contributed by atoms with E-state index in [0.29, 0.717) is 0 Å². The number of hydrogen-bond acceptors (Lipinski definition) is 2. The van der Waals surface area contributed by atoms with Gasteiger partial charge in [-0.25, -0.2) is 9.78 Å². The molecule has 0 amide bonds. The van der Waals surface area contributed by atoms with E-state index >= 15 is 0 Å². The van der Waals surface area contributed by atoms with Gasteiger partial charge in [-0.2, -0.15) is 0 Å². The first-order chi connectivity index (χ1) is 9.97. The minimum absolute atomic E-state index is 0.262. The highest BCUT2D eigenvalue weighted by molar-refractivity contribution is 9.10. The quantitative estimate of drug-likeness (QED) is 0.761. The molecule has 0 saturated heterocycles. The van der Waals surface area contributed by atoms with Gasteiger partial charge in [-0.15, -0.1) is 0 Å². The van der Waals surface area contributed by atoms with Crippen molar-refractivity contribution in [1.29, 1.82) is 0 Å². The molecule has 106 valence electrons. The summed E-state index contributed by atoms with van der Waals surface area (Å²) < 4.78 is 3.01. The van der Waals surface area contributed by atoms with Gasteiger partial charge in [-0.3, -0.25) is 4.57 Å². The molecule has 1 heterocycles. The highest BCUT2D eigenvalue weighted by Gasteiger charge is 2.12. The maximum absolute atomic E-state index is 11.2. The summed E-state index contributed by atoms with van der Waals surface area (Å²) in [7, 11) is 0. The number of halogens is 1. The average Bonchev–Trinajstić information content (AvgIpc) is 2.77. The molecule has 0 atom stereocenters. The van der Waals surface area contributed by atoms with Gasteiger partial charge < -0.3 is 5.11 Å². The van der Waals surface area contributed by atoms with Crippen LogP contribution in [0.4, 0.5) is 0 Å². The largest absolute Gasteiger partial charge is 0.478 e. The van der Waals surface area contributed by atoms with Crippen molar-refractivity contribution in [3.8, 4) is 5.69 Å². The molecule has 0 aliphatic heterocycles. The van der Waals surface area contributed by atoms with E-state index in [9.17, 15) is 4.79 Å². The van der Waals surface area contributed by atoms with Crippen molar-refractivity contribution in [3.05, 3.63) is 57.8 Å². The Labute approximate surface area is 130 Å². The Morgan fingerprint density at radius 2 is 1.95 bits per heavy atom. The van der Waals surface area contributed by atoms with E-state index in [1.165, 1.54) is 0 Å². The molecule has 0 radical (unpaired) electrons. The number of aromatic carboxylic acids is 1. The first kappa shape index (κ1) is 13.8. The van der Waals surface area contributed by atoms with Crippen molar-refractivity contribution < 1.29 is 9.90 Å². The van der Waals surface area contributed by atoms with Gasteiger partial charge in [0.05, 0.1) is 16.6 Å². The molecule has 3 aromatic rings. The van der Waals surface area contributed by atoms with Crippen LogP contribution in [0.1, 0.15) is 21.7 Å². The third-order valence-corrected chi connectivity index (χ3v) is 4.36. The monoisotopic (exact) mass is 344 g/mol. The summed E-state index contributed by atoms with van der Waals surface area (Å²) in [5, 5.41) is 9.16. The second-order valence-electron chi connectivity index (χ2n) is 4.94. The third kappa shape index (κ3) is 2.34. The zero-order valence-electron chi connectivity index (χ0n) is 11.6. The fourth-order valence-corrected chi connectivity index (χ4v) is 2.67. The lowest BCUT2D eigenvalue weighted by atomic mass is 10.2. The molecule has 3 rings (SSSR count). The molecular formula is C16H13BrN2O2. The van der Waals surface area contributed by atoms with Crippen LogP contribution in [-0.2, 0) is 0 Å². The molecule has 0 spiro atoms. The standard InChI is InChI=1S/C16H13BrN2O2/c1-9-7-12(4-5-13(9)17)19-10(2)18-14-6-3-11(16(20)21)8-15(14)19/h3-8H,1-2H3,(H,20,21). The summed E-state index contributed by atoms with van der Waals surface area (Å²) >= 11 is 3.49. The number of imidazole rings is 1. The first-order valence-electron chi connectivity index (χ1n) is 6.46. The predicted octanol–water partition coefficient (Wildman–Crippen LogP) is 4.10. The minimum Gasteiger partial charge on any atom is -0.478 e. The summed E-state index contributed by atoms with van der Waals surface area (Å²) in [6.07, 6.45) is 0. The smallest absolute Gasteiger partial charge is 0.335 e. The predicted molar refractivity (Wildman–Crippen MR) is 85.2 cm³/mol. The molecule has 0 saturated carbocycles. The molecule has 5 heteroatoms. The van der Waals surface area contributed by atoms with Crippen molar-refractivity contribution in [1.82, 2.24) is 9.55 Å². The van der Waals surface area contributed by atoms with Crippen LogP contribution in [0, 0.1) is 13.8 Å². The summed E-state index contributed by atoms with van der Waals surface area (Å²) in [5.74, 6) is -0.108. The average molecular weight is 345 g/mol. The van der Waals surface area contributed by atoms with E-state index < -0.39 is 5.97 Å². The number of hydrogen-bond donors (Lipinski definition) is 1. The van der Waals surface area contributed by atoms with Gasteiger partial charge in [0.25, 0.3) is 0 Å². The Balaban J connectivity index is 2.29. The van der Waals surface area contributed by atoms with E-state index in [4.69, 9.17) is 5.11 Å². The molecule has 4 nitrogen and oxygen atoms in total. The molecule has 0 bridgehead atoms. The van der Waals surface area contributed by atoms with Crippen molar-refractivity contribution in [2.75, 3.05) is 0 Å². The highest BCUT2D eigenvalue weighted by Crippen LogP contribution is 2.25. The second kappa shape index (κ2) is 5.00. The first-order valence-corrected chi connectivity index (χ1v) is 7.25. The number of rotatable bonds is 2. The SMILES string of the molecule is Cc1cc(-n2c(C)nc3ccc(C(=O)O)cc32)ccc1Br. The van der Waals surface area contributed by atoms with Crippen LogP contribution in [0.25, 0.3) is 16.7 Å². The summed E-state index contributed by atoms with van der Waals surface area (Å²) in [5.41, 5.74) is 3.94. The number of aryl methyl sites for hydroxylation is 2. The van der Waals surface area contributed by atoms with E-state index in [2.05, 4.69) is 20.9 Å². The zero-order valence-corrected chi connectivity index (χ0v) is 13.2. The second-order valence-corrected chi connectivity index (χ2v) is 5.79. The fraction of sp³-hybridized carbons (Fsp3) is 0.125. The highest BCUT2D eigenvalue weighted by atomic mass is 79.9. The van der Waals surface area contributed by atoms with Crippen molar-refractivity contribution in [2.45, 2.75) is 13.8 Å². The van der Waals surface area contributed by atoms with Gasteiger partial charge in [0.2, 0.25) is 0 Å². The molecule has 0 aliphatic rings. The van der Waals surface area contributed by atoms with E-state index in [-0.39, 0.29) is 5.56 Å². The van der Waals surface area contributed by atoms with Gasteiger partial charge >= 0.3 is 5.97 Å². The van der Waals surface area contributed by atoms with Crippen LogP contribution in [0.2, 0.25) is 0 Å². The lowest BCUT2D eigenvalue weighted by Gasteiger charge is -2.09. The number of benzene rings is 2. The number of carbonyl (C=O) groups is 1. The van der Waals surface area contributed by atoms with Crippen LogP contribution in [0.15, 0.2) is 40.9 Å². The number of fused-ring (bicyclic) bond motifs is 1. The Hall–Kier alpha value is -2.14. The summed E-state index contributed by atoms with van der Waals surface area (Å²) in [4.78, 5) is 15.7. The number of nitrogens with zero attached hydrogens (tertiary/aromatic N) is 2. The molecule has 1 N–H and O–H groups in total. The summed E-state index contributed by atoms with van der Waals surface area (Å²) in [6, 6.07) is 11.0. The molecule has 0 aliphatic carbocycles. The molecule has 21 heavy (non-hydrogen) atoms. The summed E-state index contributed by atoms with van der Waals surface area (Å²) in [6.45, 7) is 3.93. The Morgan fingerprint density at radius 3 is 2.62 bits per heavy atom. The van der Waals surface area contributed by atoms with Crippen LogP contribution < -0.4 is 0 Å². The van der Waals surface area contributed by atoms with Gasteiger partial charge in [-0.05, 0) is 55.8 Å². The third-order valence-electron chi connectivity index (χ3n) is 3.47. The van der Waals surface area contributed by atoms with Gasteiger partial charge in [0, 0.05) is 10.2 Å². The molecule has 0 unspecified atom stereocenters. The van der Waals surface area contributed by atoms with E-state index in [1.54, 1.807) is 18.2 Å². The molecule has 1 aromatic heterocycles. The number of carboxylic acid groups (broad SMARTS) is 1. The van der Waals surface area contributed by atoms with Crippen molar-refractivity contribution in [3.63, 3.8) is 0 Å². The molecular weight excluding hydrogens is 332 g/mol. The topological polar surface area (TPSA) is 55.1 Å². The van der Waals surface area contributed by atoms with Gasteiger partial charge in [0.1, 0.15) is 5.82 Å². The van der Waals surface area contributed by atoms with E-state index in [1.807, 2.05) is 36.6 Å². The molecule has 0 fully saturated rings. The minimum atomic E-state index is -0.936. The van der Waals surface area contributed by atoms with Crippen LogP contribution in [0.3, 0.4) is 0 Å². The van der Waals surface area contributed by atoms with Crippen molar-refractivity contribution in [2.24, 2.45) is 0 Å². The maximum Gasteiger partial charge on any atom is 0.335 e. The van der Waals surface area contributed by atoms with E-state index in [0.717, 1.165) is 32.6 Å². The van der Waals surface area contributed by atoms with Crippen molar-refractivity contribution >= 4 is 32.9 Å². The zero-order chi connectivity index (χ0) is 15.1.